The number of nitrogens with one attached hydrogen (secondary N) is 1. The number of fused-ring (bicyclic) bond motifs is 2. The smallest absolute Gasteiger partial charge is 0.279 e. The average molecular weight is 548 g/mol. The van der Waals surface area contributed by atoms with E-state index < -0.39 is 0 Å². The van der Waals surface area contributed by atoms with E-state index in [4.69, 9.17) is 4.98 Å². The van der Waals surface area contributed by atoms with E-state index in [9.17, 15) is 4.79 Å². The first-order valence-corrected chi connectivity index (χ1v) is 14.5. The Hall–Kier alpha value is -3.28. The highest BCUT2D eigenvalue weighted by atomic mass is 32.1. The summed E-state index contributed by atoms with van der Waals surface area (Å²) in [7, 11) is 5.89. The van der Waals surface area contributed by atoms with Gasteiger partial charge in [0.25, 0.3) is 5.91 Å². The van der Waals surface area contributed by atoms with Gasteiger partial charge in [-0.25, -0.2) is 9.97 Å². The summed E-state index contributed by atoms with van der Waals surface area (Å²) >= 11 is 1.49. The number of anilines is 6. The van der Waals surface area contributed by atoms with Crippen LogP contribution in [0.3, 0.4) is 0 Å². The van der Waals surface area contributed by atoms with Gasteiger partial charge in [-0.3, -0.25) is 9.69 Å². The normalized spacial score (nSPS) is 19.2. The molecule has 1 aromatic carbocycles. The second kappa shape index (κ2) is 10.4. The summed E-state index contributed by atoms with van der Waals surface area (Å²) in [6.45, 7) is 10.8. The summed E-state index contributed by atoms with van der Waals surface area (Å²) in [6, 6.07) is 7.30. The molecule has 0 spiro atoms. The zero-order valence-corrected chi connectivity index (χ0v) is 24.3. The van der Waals surface area contributed by atoms with Gasteiger partial charge >= 0.3 is 0 Å². The molecule has 11 heteroatoms. The van der Waals surface area contributed by atoms with Crippen LogP contribution >= 0.6 is 11.3 Å². The number of hydrogen-bond acceptors (Lipinski definition) is 10. The van der Waals surface area contributed by atoms with Gasteiger partial charge in [-0.05, 0) is 70.6 Å². The molecule has 1 amide bonds. The van der Waals surface area contributed by atoms with Gasteiger partial charge in [0.1, 0.15) is 10.7 Å². The minimum absolute atomic E-state index is 0.150. The van der Waals surface area contributed by atoms with Gasteiger partial charge in [-0.15, -0.1) is 11.3 Å². The lowest BCUT2D eigenvalue weighted by atomic mass is 10.0. The third kappa shape index (κ3) is 4.94. The number of carbonyl (C=O) groups is 1. The molecule has 5 heterocycles. The minimum atomic E-state index is -0.150. The highest BCUT2D eigenvalue weighted by Crippen LogP contribution is 2.41. The molecule has 0 unspecified atom stereocenters. The van der Waals surface area contributed by atoms with Crippen LogP contribution < -0.4 is 20.0 Å². The van der Waals surface area contributed by atoms with E-state index in [0.717, 1.165) is 53.5 Å². The number of piperazine rings is 1. The molecule has 3 aromatic rings. The van der Waals surface area contributed by atoms with Gasteiger partial charge in [0.05, 0.1) is 11.2 Å². The van der Waals surface area contributed by atoms with Crippen molar-refractivity contribution in [1.82, 2.24) is 24.8 Å². The van der Waals surface area contributed by atoms with Crippen LogP contribution in [0.2, 0.25) is 0 Å². The van der Waals surface area contributed by atoms with E-state index >= 15 is 0 Å². The van der Waals surface area contributed by atoms with Gasteiger partial charge in [0.2, 0.25) is 5.95 Å². The van der Waals surface area contributed by atoms with Crippen LogP contribution in [-0.2, 0) is 0 Å². The molecule has 0 aliphatic carbocycles. The lowest BCUT2D eigenvalue weighted by Gasteiger charge is -2.43. The summed E-state index contributed by atoms with van der Waals surface area (Å²) < 4.78 is 0. The second-order valence-electron chi connectivity index (χ2n) is 10.9. The van der Waals surface area contributed by atoms with E-state index in [2.05, 4.69) is 62.2 Å². The Morgan fingerprint density at radius 3 is 2.41 bits per heavy atom. The monoisotopic (exact) mass is 547 g/mol. The minimum Gasteiger partial charge on any atom is -0.369 e. The molecule has 3 aliphatic rings. The Balaban J connectivity index is 1.16. The van der Waals surface area contributed by atoms with Gasteiger partial charge < -0.3 is 24.9 Å². The summed E-state index contributed by atoms with van der Waals surface area (Å²) in [6.07, 6.45) is 4.28. The van der Waals surface area contributed by atoms with E-state index in [-0.39, 0.29) is 5.91 Å². The molecule has 0 radical (unpaired) electrons. The predicted molar refractivity (Wildman–Crippen MR) is 158 cm³/mol. The van der Waals surface area contributed by atoms with Gasteiger partial charge in [-0.2, -0.15) is 4.98 Å². The fourth-order valence-corrected chi connectivity index (χ4v) is 6.74. The molecule has 0 atom stereocenters. The van der Waals surface area contributed by atoms with Crippen LogP contribution in [0.5, 0.6) is 0 Å². The number of carbonyl (C=O) groups excluding carboxylic acids is 1. The molecule has 0 saturated carbocycles. The quantitative estimate of drug-likeness (QED) is 0.523. The molecule has 206 valence electrons. The second-order valence-corrected chi connectivity index (χ2v) is 12.1. The van der Waals surface area contributed by atoms with Gasteiger partial charge in [0, 0.05) is 57.7 Å². The SMILES string of the molecule is Cc1nc2c(s1)N(C)c1nc(Nc3ccc(N4CCN(C5CCN(C)CC5)CC4)cc3C)ncc1N(C)C2=O. The van der Waals surface area contributed by atoms with Crippen molar-refractivity contribution in [3.05, 3.63) is 40.7 Å². The van der Waals surface area contributed by atoms with Crippen LogP contribution in [0.15, 0.2) is 24.4 Å². The van der Waals surface area contributed by atoms with Crippen molar-refractivity contribution >= 4 is 51.1 Å². The fourth-order valence-electron chi connectivity index (χ4n) is 5.87. The Morgan fingerprint density at radius 1 is 0.949 bits per heavy atom. The molecule has 0 bridgehead atoms. The first kappa shape index (κ1) is 26.0. The zero-order chi connectivity index (χ0) is 27.3. The Morgan fingerprint density at radius 2 is 1.69 bits per heavy atom. The number of piperidine rings is 1. The van der Waals surface area contributed by atoms with Crippen LogP contribution in [0.4, 0.5) is 33.8 Å². The van der Waals surface area contributed by atoms with E-state index in [1.54, 1.807) is 18.1 Å². The molecule has 6 rings (SSSR count). The van der Waals surface area contributed by atoms with Crippen molar-refractivity contribution in [2.45, 2.75) is 32.7 Å². The number of aryl methyl sites for hydroxylation is 2. The molecule has 2 aromatic heterocycles. The molecular weight excluding hydrogens is 510 g/mol. The average Bonchev–Trinajstić information content (AvgIpc) is 3.32. The van der Waals surface area contributed by atoms with Crippen molar-refractivity contribution in [3.8, 4) is 0 Å². The van der Waals surface area contributed by atoms with Crippen molar-refractivity contribution in [3.63, 3.8) is 0 Å². The van der Waals surface area contributed by atoms with E-state index in [1.807, 2.05) is 18.9 Å². The number of hydrogen-bond donors (Lipinski definition) is 1. The molecule has 39 heavy (non-hydrogen) atoms. The van der Waals surface area contributed by atoms with Crippen LogP contribution in [-0.4, -0.2) is 97.1 Å². The summed E-state index contributed by atoms with van der Waals surface area (Å²) in [5.41, 5.74) is 4.48. The van der Waals surface area contributed by atoms with E-state index in [1.165, 1.54) is 43.0 Å². The largest absolute Gasteiger partial charge is 0.369 e. The Bertz CT molecular complexity index is 1380. The topological polar surface area (TPSA) is 84.0 Å². The number of likely N-dealkylation sites (tertiary alicyclic amines) is 1. The molecular formula is C28H37N9OS. The first-order chi connectivity index (χ1) is 18.8. The Labute approximate surface area is 234 Å². The highest BCUT2D eigenvalue weighted by molar-refractivity contribution is 7.16. The number of aromatic nitrogens is 3. The fraction of sp³-hybridized carbons (Fsp3) is 0.500. The van der Waals surface area contributed by atoms with Crippen LogP contribution in [0.25, 0.3) is 0 Å². The summed E-state index contributed by atoms with van der Waals surface area (Å²) in [5, 5.41) is 5.05. The maximum atomic E-state index is 13.0. The lowest BCUT2D eigenvalue weighted by molar-refractivity contribution is 0.0990. The van der Waals surface area contributed by atoms with Crippen molar-refractivity contribution < 1.29 is 4.79 Å². The standard InChI is InChI=1S/C28H37N9OS/c1-18-16-21(37-14-12-36(13-15-37)20-8-10-33(3)11-9-20)6-7-22(18)31-28-29-17-23-25(32-28)35(5)27-24(26(38)34(23)4)30-19(2)39-27/h6-7,16-17,20H,8-15H2,1-5H3,(H,29,31,32). The Kier molecular flexibility index (Phi) is 6.90. The van der Waals surface area contributed by atoms with Crippen LogP contribution in [0.1, 0.15) is 33.9 Å². The molecule has 1 N–H and O–H groups in total. The van der Waals surface area contributed by atoms with Crippen molar-refractivity contribution in [1.29, 1.82) is 0 Å². The third-order valence-corrected chi connectivity index (χ3v) is 9.34. The maximum absolute atomic E-state index is 13.0. The number of benzene rings is 1. The third-order valence-electron chi connectivity index (χ3n) is 8.30. The lowest BCUT2D eigenvalue weighted by Crippen LogP contribution is -2.53. The molecule has 2 saturated heterocycles. The van der Waals surface area contributed by atoms with E-state index in [0.29, 0.717) is 23.1 Å². The van der Waals surface area contributed by atoms with Gasteiger partial charge in [0.15, 0.2) is 11.5 Å². The van der Waals surface area contributed by atoms with Crippen molar-refractivity contribution in [2.75, 3.05) is 80.4 Å². The maximum Gasteiger partial charge on any atom is 0.279 e. The molecule has 10 nitrogen and oxygen atoms in total. The number of thiazole rings is 1. The first-order valence-electron chi connectivity index (χ1n) is 13.7. The van der Waals surface area contributed by atoms with Gasteiger partial charge in [-0.1, -0.05) is 0 Å². The summed E-state index contributed by atoms with van der Waals surface area (Å²) in [4.78, 5) is 38.0. The number of rotatable bonds is 4. The number of nitrogens with zero attached hydrogens (tertiary/aromatic N) is 8. The molecule has 2 fully saturated rings. The zero-order valence-electron chi connectivity index (χ0n) is 23.4. The molecule has 3 aliphatic heterocycles. The van der Waals surface area contributed by atoms with Crippen molar-refractivity contribution in [2.24, 2.45) is 0 Å². The van der Waals surface area contributed by atoms with Crippen LogP contribution in [0, 0.1) is 13.8 Å². The summed E-state index contributed by atoms with van der Waals surface area (Å²) in [5.74, 6) is 1.01. The highest BCUT2D eigenvalue weighted by Gasteiger charge is 2.32. The number of amides is 1. The predicted octanol–water partition coefficient (Wildman–Crippen LogP) is 3.87.